The van der Waals surface area contributed by atoms with E-state index in [9.17, 15) is 75.4 Å². The maximum Gasteiger partial charge on any atom is 0.431 e. The van der Waals surface area contributed by atoms with Crippen molar-refractivity contribution in [3.8, 4) is 0 Å². The van der Waals surface area contributed by atoms with Gasteiger partial charge in [-0.15, -0.1) is 0 Å². The first-order valence-electron chi connectivity index (χ1n) is 11.0. The Morgan fingerprint density at radius 1 is 0.821 bits per heavy atom. The van der Waals surface area contributed by atoms with E-state index in [4.69, 9.17) is 0 Å². The Bertz CT molecular complexity index is 883. The van der Waals surface area contributed by atoms with Crippen molar-refractivity contribution in [3.05, 3.63) is 0 Å². The van der Waals surface area contributed by atoms with Crippen molar-refractivity contribution >= 4 is 16.0 Å². The van der Waals surface area contributed by atoms with E-state index in [1.807, 2.05) is 4.72 Å². The molecule has 0 radical (unpaired) electrons. The second-order valence-corrected chi connectivity index (χ2v) is 11.5. The highest BCUT2D eigenvalue weighted by Crippen LogP contribution is 2.53. The first-order chi connectivity index (χ1) is 17.0. The standard InChI is InChI=1S/C19H27F13N2O4S/c1-34(2,11-14(35)36)7-4-6-33-39(37,38)8-3-5-12(16(21,22)23)9-13(17(24,25)26)10-15(20,18(27,28)29)19(30,31)32/h12-13,33H,3-11H2,1-2H3. The first-order valence-corrected chi connectivity index (χ1v) is 12.6. The number of carbonyl (C=O) groups is 1. The van der Waals surface area contributed by atoms with Crippen LogP contribution in [0.3, 0.4) is 0 Å². The van der Waals surface area contributed by atoms with E-state index in [0.29, 0.717) is 0 Å². The average Bonchev–Trinajstić information content (AvgIpc) is 2.65. The number of alkyl halides is 13. The summed E-state index contributed by atoms with van der Waals surface area (Å²) in [6.07, 6.45) is -33.7. The number of rotatable bonds is 15. The van der Waals surface area contributed by atoms with Gasteiger partial charge in [-0.2, -0.15) is 52.7 Å². The Labute approximate surface area is 215 Å². The molecule has 39 heavy (non-hydrogen) atoms. The van der Waals surface area contributed by atoms with Gasteiger partial charge in [-0.1, -0.05) is 0 Å². The van der Waals surface area contributed by atoms with E-state index < -0.39 is 96.2 Å². The fourth-order valence-electron chi connectivity index (χ4n) is 3.58. The Hall–Kier alpha value is -1.57. The predicted octanol–water partition coefficient (Wildman–Crippen LogP) is 3.87. The van der Waals surface area contributed by atoms with Gasteiger partial charge in [0.2, 0.25) is 10.0 Å². The van der Waals surface area contributed by atoms with E-state index in [1.165, 1.54) is 14.1 Å². The summed E-state index contributed by atoms with van der Waals surface area (Å²) in [7, 11) is -1.36. The SMILES string of the molecule is C[N+](C)(CCCNS(=O)(=O)CCCC(CC(CC(F)(C(F)(F)F)C(F)(F)F)C(F)(F)F)C(F)(F)F)CC(=O)[O-]. The van der Waals surface area contributed by atoms with Crippen LogP contribution in [0, 0.1) is 11.8 Å². The number of nitrogens with zero attached hydrogens (tertiary/aromatic N) is 1. The quantitative estimate of drug-likeness (QED) is 0.170. The summed E-state index contributed by atoms with van der Waals surface area (Å²) in [4.78, 5) is 10.6. The largest absolute Gasteiger partial charge is 0.544 e. The summed E-state index contributed by atoms with van der Waals surface area (Å²) >= 11 is 0. The molecule has 6 nitrogen and oxygen atoms in total. The van der Waals surface area contributed by atoms with Crippen molar-refractivity contribution in [1.82, 2.24) is 4.72 Å². The summed E-state index contributed by atoms with van der Waals surface area (Å²) in [5.74, 6) is -9.70. The number of likely N-dealkylation sites (N-methyl/N-ethyl adjacent to an activating group) is 1. The molecular formula is C19H27F13N2O4S. The molecule has 0 heterocycles. The smallest absolute Gasteiger partial charge is 0.431 e. The molecule has 0 aliphatic rings. The number of carboxylic acid groups (broad SMARTS) is 1. The number of carboxylic acids is 1. The molecule has 0 saturated heterocycles. The molecule has 0 aromatic rings. The minimum Gasteiger partial charge on any atom is -0.544 e. The summed E-state index contributed by atoms with van der Waals surface area (Å²) in [6.45, 7) is -0.596. The number of hydrogen-bond donors (Lipinski definition) is 1. The summed E-state index contributed by atoms with van der Waals surface area (Å²) < 4.78 is 196. The fourth-order valence-corrected chi connectivity index (χ4v) is 4.72. The van der Waals surface area contributed by atoms with Gasteiger partial charge >= 0.3 is 24.7 Å². The van der Waals surface area contributed by atoms with Crippen LogP contribution >= 0.6 is 0 Å². The maximum atomic E-state index is 13.9. The first kappa shape index (κ1) is 37.4. The van der Waals surface area contributed by atoms with Crippen LogP contribution in [0.1, 0.15) is 32.1 Å². The normalized spacial score (nSPS) is 16.3. The second kappa shape index (κ2) is 12.9. The van der Waals surface area contributed by atoms with Gasteiger partial charge in [0, 0.05) is 19.4 Å². The van der Waals surface area contributed by atoms with Gasteiger partial charge in [0.15, 0.2) is 0 Å². The molecule has 0 rings (SSSR count). The topological polar surface area (TPSA) is 86.3 Å². The third kappa shape index (κ3) is 12.6. The van der Waals surface area contributed by atoms with Crippen molar-refractivity contribution in [2.45, 2.75) is 62.5 Å². The minimum absolute atomic E-state index is 0.0569. The Kier molecular flexibility index (Phi) is 12.4. The van der Waals surface area contributed by atoms with Crippen LogP contribution in [-0.4, -0.2) is 88.7 Å². The van der Waals surface area contributed by atoms with Crippen LogP contribution in [0.25, 0.3) is 0 Å². The highest BCUT2D eigenvalue weighted by molar-refractivity contribution is 7.89. The molecule has 2 unspecified atom stereocenters. The number of aliphatic carboxylic acids is 1. The highest BCUT2D eigenvalue weighted by Gasteiger charge is 2.74. The van der Waals surface area contributed by atoms with E-state index >= 15 is 0 Å². The number of nitrogens with one attached hydrogen (secondary N) is 1. The zero-order valence-electron chi connectivity index (χ0n) is 20.4. The third-order valence-electron chi connectivity index (χ3n) is 5.71. The van der Waals surface area contributed by atoms with Crippen molar-refractivity contribution in [2.75, 3.05) is 39.5 Å². The van der Waals surface area contributed by atoms with Gasteiger partial charge in [0.05, 0.1) is 44.2 Å². The van der Waals surface area contributed by atoms with Crippen molar-refractivity contribution < 1.29 is 79.9 Å². The van der Waals surface area contributed by atoms with Crippen molar-refractivity contribution in [1.29, 1.82) is 0 Å². The molecule has 0 aliphatic heterocycles. The lowest BCUT2D eigenvalue weighted by atomic mass is 9.82. The summed E-state index contributed by atoms with van der Waals surface area (Å²) in [5, 5.41) is 10.6. The van der Waals surface area contributed by atoms with Crippen LogP contribution in [0.4, 0.5) is 57.1 Å². The molecule has 234 valence electrons. The van der Waals surface area contributed by atoms with Crippen LogP contribution in [0.2, 0.25) is 0 Å². The van der Waals surface area contributed by atoms with E-state index in [1.54, 1.807) is 0 Å². The molecule has 0 aliphatic carbocycles. The highest BCUT2D eigenvalue weighted by atomic mass is 32.2. The van der Waals surface area contributed by atoms with Gasteiger partial charge in [0.1, 0.15) is 6.54 Å². The lowest BCUT2D eigenvalue weighted by Crippen LogP contribution is -2.55. The lowest BCUT2D eigenvalue weighted by Gasteiger charge is -2.35. The van der Waals surface area contributed by atoms with Gasteiger partial charge in [-0.25, -0.2) is 17.5 Å². The predicted molar refractivity (Wildman–Crippen MR) is 107 cm³/mol. The van der Waals surface area contributed by atoms with Gasteiger partial charge in [0.25, 0.3) is 5.67 Å². The van der Waals surface area contributed by atoms with Crippen molar-refractivity contribution in [3.63, 3.8) is 0 Å². The zero-order valence-corrected chi connectivity index (χ0v) is 21.2. The lowest BCUT2D eigenvalue weighted by molar-refractivity contribution is -0.884. The molecule has 0 bridgehead atoms. The van der Waals surface area contributed by atoms with Crippen LogP contribution < -0.4 is 9.83 Å². The maximum absolute atomic E-state index is 13.9. The number of sulfonamides is 1. The van der Waals surface area contributed by atoms with Gasteiger partial charge in [-0.05, 0) is 19.3 Å². The monoisotopic (exact) mass is 626 g/mol. The molecule has 0 aromatic heterocycles. The third-order valence-corrected chi connectivity index (χ3v) is 7.18. The van der Waals surface area contributed by atoms with Gasteiger partial charge < -0.3 is 14.4 Å². The molecule has 0 saturated carbocycles. The number of halogens is 13. The Morgan fingerprint density at radius 3 is 1.67 bits per heavy atom. The second-order valence-electron chi connectivity index (χ2n) is 9.61. The van der Waals surface area contributed by atoms with E-state index in [0.717, 1.165) is 0 Å². The number of hydrogen-bond acceptors (Lipinski definition) is 4. The molecule has 0 aromatic carbocycles. The molecule has 0 fully saturated rings. The number of carbonyl (C=O) groups excluding carboxylic acids is 1. The summed E-state index contributed by atoms with van der Waals surface area (Å²) in [6, 6.07) is 0. The molecule has 0 amide bonds. The zero-order chi connectivity index (χ0) is 31.3. The number of quaternary nitrogens is 1. The van der Waals surface area contributed by atoms with Crippen LogP contribution in [0.15, 0.2) is 0 Å². The molecule has 0 spiro atoms. The van der Waals surface area contributed by atoms with Crippen LogP contribution in [-0.2, 0) is 14.8 Å². The fraction of sp³-hybridized carbons (Fsp3) is 0.947. The molecule has 2 atom stereocenters. The molecule has 1 N–H and O–H groups in total. The molecular weight excluding hydrogens is 599 g/mol. The van der Waals surface area contributed by atoms with Crippen molar-refractivity contribution in [2.24, 2.45) is 11.8 Å². The van der Waals surface area contributed by atoms with E-state index in [2.05, 4.69) is 0 Å². The van der Waals surface area contributed by atoms with Crippen LogP contribution in [0.5, 0.6) is 0 Å². The minimum atomic E-state index is -6.92. The summed E-state index contributed by atoms with van der Waals surface area (Å²) in [5.41, 5.74) is -6.45. The molecule has 20 heteroatoms. The van der Waals surface area contributed by atoms with Gasteiger partial charge in [-0.3, -0.25) is 0 Å². The Morgan fingerprint density at radius 2 is 1.28 bits per heavy atom. The van der Waals surface area contributed by atoms with E-state index in [-0.39, 0.29) is 24.0 Å². The average molecular weight is 626 g/mol. The Balaban J connectivity index is 5.43.